The summed E-state index contributed by atoms with van der Waals surface area (Å²) < 4.78 is 10.9. The highest BCUT2D eigenvalue weighted by molar-refractivity contribution is 6.04. The highest BCUT2D eigenvalue weighted by atomic mass is 16.5. The summed E-state index contributed by atoms with van der Waals surface area (Å²) in [6.07, 6.45) is 2.33. The summed E-state index contributed by atoms with van der Waals surface area (Å²) in [5.41, 5.74) is 0.959. The molecule has 1 atom stereocenters. The summed E-state index contributed by atoms with van der Waals surface area (Å²) in [6.45, 7) is 1.23. The van der Waals surface area contributed by atoms with Crippen molar-refractivity contribution in [3.05, 3.63) is 48.2 Å². The number of hydrogen-bond donors (Lipinski definition) is 2. The fraction of sp³-hybridized carbons (Fsp3) is 0.250. The van der Waals surface area contributed by atoms with Gasteiger partial charge in [-0.3, -0.25) is 4.79 Å². The number of nitrogens with one attached hydrogen (secondary N) is 1. The molecule has 0 spiro atoms. The lowest BCUT2D eigenvalue weighted by Crippen LogP contribution is -2.17. The zero-order valence-corrected chi connectivity index (χ0v) is 11.9. The van der Waals surface area contributed by atoms with Crippen LogP contribution in [0.25, 0.3) is 0 Å². The predicted octanol–water partition coefficient (Wildman–Crippen LogP) is 2.21. The van der Waals surface area contributed by atoms with Crippen LogP contribution in [-0.2, 0) is 4.74 Å². The van der Waals surface area contributed by atoms with Gasteiger partial charge in [0.2, 0.25) is 5.88 Å². The third kappa shape index (κ3) is 3.53. The maximum absolute atomic E-state index is 12.2. The lowest BCUT2D eigenvalue weighted by atomic mass is 10.2. The fourth-order valence-electron chi connectivity index (χ4n) is 2.18. The van der Waals surface area contributed by atoms with Crippen LogP contribution in [0.3, 0.4) is 0 Å². The Morgan fingerprint density at radius 3 is 3.05 bits per heavy atom. The molecule has 2 N–H and O–H groups in total. The molecule has 0 radical (unpaired) electrons. The Hall–Kier alpha value is -2.60. The van der Waals surface area contributed by atoms with Gasteiger partial charge < -0.3 is 19.9 Å². The van der Waals surface area contributed by atoms with Gasteiger partial charge in [-0.15, -0.1) is 0 Å². The molecule has 1 unspecified atom stereocenters. The van der Waals surface area contributed by atoms with Crippen molar-refractivity contribution in [3.8, 4) is 11.6 Å². The number of ether oxygens (including phenoxy) is 2. The molecule has 1 aliphatic heterocycles. The SMILES string of the molecule is O=C(Nc1cccc(O)c1)c1ccnc(OC2CCOC2)c1. The van der Waals surface area contributed by atoms with Gasteiger partial charge in [-0.1, -0.05) is 6.07 Å². The number of carbonyl (C=O) groups excluding carboxylic acids is 1. The van der Waals surface area contributed by atoms with E-state index in [2.05, 4.69) is 10.3 Å². The largest absolute Gasteiger partial charge is 0.508 e. The smallest absolute Gasteiger partial charge is 0.255 e. The minimum atomic E-state index is -0.291. The lowest BCUT2D eigenvalue weighted by Gasteiger charge is -2.11. The summed E-state index contributed by atoms with van der Waals surface area (Å²) >= 11 is 0. The van der Waals surface area contributed by atoms with E-state index in [0.717, 1.165) is 6.42 Å². The Balaban J connectivity index is 1.69. The molecule has 0 aliphatic carbocycles. The molecule has 0 saturated carbocycles. The fourth-order valence-corrected chi connectivity index (χ4v) is 2.18. The number of aromatic nitrogens is 1. The number of benzene rings is 1. The molecular weight excluding hydrogens is 284 g/mol. The first-order valence-corrected chi connectivity index (χ1v) is 7.01. The molecule has 1 aromatic carbocycles. The van der Waals surface area contributed by atoms with Crippen LogP contribution in [0.5, 0.6) is 11.6 Å². The third-order valence-corrected chi connectivity index (χ3v) is 3.28. The van der Waals surface area contributed by atoms with E-state index in [9.17, 15) is 9.90 Å². The van der Waals surface area contributed by atoms with Gasteiger partial charge in [0.05, 0.1) is 13.2 Å². The Morgan fingerprint density at radius 2 is 2.27 bits per heavy atom. The quantitative estimate of drug-likeness (QED) is 0.905. The van der Waals surface area contributed by atoms with Crippen molar-refractivity contribution in [2.24, 2.45) is 0 Å². The van der Waals surface area contributed by atoms with Crippen molar-refractivity contribution in [1.82, 2.24) is 4.98 Å². The minimum Gasteiger partial charge on any atom is -0.508 e. The van der Waals surface area contributed by atoms with Gasteiger partial charge in [-0.25, -0.2) is 4.98 Å². The van der Waals surface area contributed by atoms with Crippen LogP contribution >= 0.6 is 0 Å². The molecule has 1 aliphatic rings. The monoisotopic (exact) mass is 300 g/mol. The van der Waals surface area contributed by atoms with Gasteiger partial charge in [-0.05, 0) is 18.2 Å². The van der Waals surface area contributed by atoms with Crippen molar-refractivity contribution >= 4 is 11.6 Å². The molecule has 2 heterocycles. The van der Waals surface area contributed by atoms with Gasteiger partial charge in [0.15, 0.2) is 0 Å². The number of phenolic OH excluding ortho intramolecular Hbond substituents is 1. The molecule has 1 saturated heterocycles. The number of amides is 1. The number of phenols is 1. The summed E-state index contributed by atoms with van der Waals surface area (Å²) in [5.74, 6) is 0.206. The van der Waals surface area contributed by atoms with Gasteiger partial charge in [0, 0.05) is 36.0 Å². The number of nitrogens with zero attached hydrogens (tertiary/aromatic N) is 1. The average molecular weight is 300 g/mol. The Labute approximate surface area is 127 Å². The molecule has 22 heavy (non-hydrogen) atoms. The van der Waals surface area contributed by atoms with E-state index >= 15 is 0 Å². The number of hydrogen-bond acceptors (Lipinski definition) is 5. The zero-order chi connectivity index (χ0) is 15.4. The number of aromatic hydroxyl groups is 1. The van der Waals surface area contributed by atoms with Gasteiger partial charge in [0.1, 0.15) is 11.9 Å². The first-order valence-electron chi connectivity index (χ1n) is 7.01. The molecule has 1 aromatic heterocycles. The van der Waals surface area contributed by atoms with E-state index in [4.69, 9.17) is 9.47 Å². The number of rotatable bonds is 4. The van der Waals surface area contributed by atoms with Crippen molar-refractivity contribution in [3.63, 3.8) is 0 Å². The molecular formula is C16H16N2O4. The second kappa shape index (κ2) is 6.44. The van der Waals surface area contributed by atoms with Crippen molar-refractivity contribution < 1.29 is 19.4 Å². The summed E-state index contributed by atoms with van der Waals surface area (Å²) in [4.78, 5) is 16.3. The molecule has 1 amide bonds. The highest BCUT2D eigenvalue weighted by Gasteiger charge is 2.18. The first-order chi connectivity index (χ1) is 10.7. The van der Waals surface area contributed by atoms with E-state index in [1.807, 2.05) is 0 Å². The standard InChI is InChI=1S/C16H16N2O4/c19-13-3-1-2-12(9-13)18-16(20)11-4-6-17-15(8-11)22-14-5-7-21-10-14/h1-4,6,8-9,14,19H,5,7,10H2,(H,18,20). The zero-order valence-electron chi connectivity index (χ0n) is 11.9. The van der Waals surface area contributed by atoms with E-state index in [1.165, 1.54) is 18.3 Å². The lowest BCUT2D eigenvalue weighted by molar-refractivity contribution is 0.102. The molecule has 6 heteroatoms. The van der Waals surface area contributed by atoms with Gasteiger partial charge in [-0.2, -0.15) is 0 Å². The van der Waals surface area contributed by atoms with Gasteiger partial charge in [0.25, 0.3) is 5.91 Å². The van der Waals surface area contributed by atoms with Crippen LogP contribution in [0.4, 0.5) is 5.69 Å². The van der Waals surface area contributed by atoms with Gasteiger partial charge >= 0.3 is 0 Å². The third-order valence-electron chi connectivity index (χ3n) is 3.28. The molecule has 0 bridgehead atoms. The maximum atomic E-state index is 12.2. The molecule has 6 nitrogen and oxygen atoms in total. The molecule has 2 aromatic rings. The Morgan fingerprint density at radius 1 is 1.36 bits per heavy atom. The predicted molar refractivity (Wildman–Crippen MR) is 80.1 cm³/mol. The second-order valence-corrected chi connectivity index (χ2v) is 4.99. The minimum absolute atomic E-state index is 0.0168. The van der Waals surface area contributed by atoms with Crippen molar-refractivity contribution in [2.45, 2.75) is 12.5 Å². The normalized spacial score (nSPS) is 17.2. The van der Waals surface area contributed by atoms with Crippen LogP contribution in [0, 0.1) is 0 Å². The van der Waals surface area contributed by atoms with Crippen LogP contribution in [0.15, 0.2) is 42.6 Å². The number of carbonyl (C=O) groups is 1. The van der Waals surface area contributed by atoms with Crippen LogP contribution in [-0.4, -0.2) is 35.3 Å². The maximum Gasteiger partial charge on any atom is 0.255 e. The van der Waals surface area contributed by atoms with Crippen molar-refractivity contribution in [1.29, 1.82) is 0 Å². The molecule has 114 valence electrons. The van der Waals surface area contributed by atoms with E-state index < -0.39 is 0 Å². The highest BCUT2D eigenvalue weighted by Crippen LogP contribution is 2.18. The Bertz CT molecular complexity index is 669. The first kappa shape index (κ1) is 14.3. The van der Waals surface area contributed by atoms with Crippen LogP contribution in [0.2, 0.25) is 0 Å². The number of pyridine rings is 1. The topological polar surface area (TPSA) is 80.7 Å². The van der Waals surface area contributed by atoms with E-state index in [1.54, 1.807) is 24.3 Å². The van der Waals surface area contributed by atoms with E-state index in [0.29, 0.717) is 30.3 Å². The second-order valence-electron chi connectivity index (χ2n) is 4.99. The van der Waals surface area contributed by atoms with Crippen LogP contribution < -0.4 is 10.1 Å². The molecule has 1 fully saturated rings. The van der Waals surface area contributed by atoms with Crippen LogP contribution in [0.1, 0.15) is 16.8 Å². The summed E-state index contributed by atoms with van der Waals surface area (Å²) in [5, 5.41) is 12.1. The van der Waals surface area contributed by atoms with Crippen molar-refractivity contribution in [2.75, 3.05) is 18.5 Å². The van der Waals surface area contributed by atoms with E-state index in [-0.39, 0.29) is 17.8 Å². The summed E-state index contributed by atoms with van der Waals surface area (Å²) in [6, 6.07) is 9.58. The Kier molecular flexibility index (Phi) is 4.20. The number of anilines is 1. The molecule has 3 rings (SSSR count). The average Bonchev–Trinajstić information content (AvgIpc) is 3.00. The summed E-state index contributed by atoms with van der Waals surface area (Å²) in [7, 11) is 0.